The molecule has 0 unspecified atom stereocenters. The lowest BCUT2D eigenvalue weighted by atomic mass is 10.2. The molecule has 5 heteroatoms. The zero-order chi connectivity index (χ0) is 13.7. The summed E-state index contributed by atoms with van der Waals surface area (Å²) in [6.45, 7) is 0.850. The van der Waals surface area contributed by atoms with E-state index in [9.17, 15) is 0 Å². The monoisotopic (exact) mass is 296 g/mol. The number of aromatic nitrogens is 1. The van der Waals surface area contributed by atoms with Gasteiger partial charge in [-0.2, -0.15) is 0 Å². The maximum Gasteiger partial charge on any atom is 0.142 e. The molecule has 0 bridgehead atoms. The van der Waals surface area contributed by atoms with Crippen LogP contribution in [0.5, 0.6) is 5.75 Å². The standard InChI is InChI=1S/C14H14Cl2N2O/c15-12-6-11(8-17)14(13(16)7-12)19-5-3-10-2-1-4-18-9-10/h1-2,4,6-7,9H,3,5,8,17H2. The summed E-state index contributed by atoms with van der Waals surface area (Å²) in [6.07, 6.45) is 4.32. The summed E-state index contributed by atoms with van der Waals surface area (Å²) in [7, 11) is 0. The van der Waals surface area contributed by atoms with E-state index in [4.69, 9.17) is 33.7 Å². The number of benzene rings is 1. The summed E-state index contributed by atoms with van der Waals surface area (Å²) in [4.78, 5) is 4.05. The van der Waals surface area contributed by atoms with Gasteiger partial charge in [0.05, 0.1) is 11.6 Å². The summed E-state index contributed by atoms with van der Waals surface area (Å²) in [6, 6.07) is 7.33. The molecule has 0 aliphatic heterocycles. The average Bonchev–Trinajstić information content (AvgIpc) is 2.42. The molecule has 0 saturated heterocycles. The van der Waals surface area contributed by atoms with Crippen LogP contribution in [-0.2, 0) is 13.0 Å². The highest BCUT2D eigenvalue weighted by atomic mass is 35.5. The second kappa shape index (κ2) is 6.75. The van der Waals surface area contributed by atoms with E-state index in [1.54, 1.807) is 18.3 Å². The number of nitrogens with zero attached hydrogens (tertiary/aromatic N) is 1. The van der Waals surface area contributed by atoms with E-state index >= 15 is 0 Å². The maximum absolute atomic E-state index is 6.12. The number of hydrogen-bond donors (Lipinski definition) is 1. The normalized spacial score (nSPS) is 10.5. The van der Waals surface area contributed by atoms with Crippen LogP contribution in [0.1, 0.15) is 11.1 Å². The van der Waals surface area contributed by atoms with Gasteiger partial charge in [-0.3, -0.25) is 4.98 Å². The van der Waals surface area contributed by atoms with Gasteiger partial charge in [-0.25, -0.2) is 0 Å². The van der Waals surface area contributed by atoms with E-state index in [1.807, 2.05) is 18.3 Å². The summed E-state index contributed by atoms with van der Waals surface area (Å²) in [5, 5.41) is 1.05. The maximum atomic E-state index is 6.12. The topological polar surface area (TPSA) is 48.1 Å². The lowest BCUT2D eigenvalue weighted by Gasteiger charge is -2.12. The Morgan fingerprint density at radius 1 is 1.26 bits per heavy atom. The van der Waals surface area contributed by atoms with Gasteiger partial charge in [-0.05, 0) is 23.8 Å². The predicted octanol–water partition coefficient (Wildman–Crippen LogP) is 3.47. The van der Waals surface area contributed by atoms with Crippen LogP contribution in [0.4, 0.5) is 0 Å². The van der Waals surface area contributed by atoms with Crippen molar-refractivity contribution in [1.29, 1.82) is 0 Å². The van der Waals surface area contributed by atoms with Crippen molar-refractivity contribution in [2.24, 2.45) is 5.73 Å². The number of hydrogen-bond acceptors (Lipinski definition) is 3. The summed E-state index contributed by atoms with van der Waals surface area (Å²) >= 11 is 12.0. The first-order valence-electron chi connectivity index (χ1n) is 5.90. The van der Waals surface area contributed by atoms with E-state index in [2.05, 4.69) is 4.98 Å². The molecule has 100 valence electrons. The third-order valence-corrected chi connectivity index (χ3v) is 3.16. The highest BCUT2D eigenvalue weighted by Gasteiger charge is 2.09. The Balaban J connectivity index is 2.03. The molecule has 1 aromatic heterocycles. The van der Waals surface area contributed by atoms with Crippen LogP contribution in [0, 0.1) is 0 Å². The van der Waals surface area contributed by atoms with Gasteiger partial charge in [0.1, 0.15) is 5.75 Å². The van der Waals surface area contributed by atoms with Crippen molar-refractivity contribution in [3.8, 4) is 5.75 Å². The Labute approximate surface area is 122 Å². The number of halogens is 2. The van der Waals surface area contributed by atoms with Gasteiger partial charge in [0, 0.05) is 35.9 Å². The molecular weight excluding hydrogens is 283 g/mol. The molecule has 0 aliphatic carbocycles. The number of rotatable bonds is 5. The van der Waals surface area contributed by atoms with Crippen LogP contribution >= 0.6 is 23.2 Å². The number of ether oxygens (including phenoxy) is 1. The largest absolute Gasteiger partial charge is 0.491 e. The first kappa shape index (κ1) is 14.1. The van der Waals surface area contributed by atoms with Crippen LogP contribution in [0.3, 0.4) is 0 Å². The molecule has 19 heavy (non-hydrogen) atoms. The predicted molar refractivity (Wildman–Crippen MR) is 77.8 cm³/mol. The third-order valence-electron chi connectivity index (χ3n) is 2.67. The highest BCUT2D eigenvalue weighted by molar-refractivity contribution is 6.35. The molecule has 0 fully saturated rings. The molecule has 3 nitrogen and oxygen atoms in total. The fraction of sp³-hybridized carbons (Fsp3) is 0.214. The Kier molecular flexibility index (Phi) is 5.02. The molecule has 2 aromatic rings. The third kappa shape index (κ3) is 3.83. The van der Waals surface area contributed by atoms with Crippen LogP contribution in [0.15, 0.2) is 36.7 Å². The second-order valence-electron chi connectivity index (χ2n) is 4.04. The molecule has 0 saturated carbocycles. The van der Waals surface area contributed by atoms with Gasteiger partial charge < -0.3 is 10.5 Å². The molecule has 2 rings (SSSR count). The van der Waals surface area contributed by atoms with Crippen LogP contribution in [0.2, 0.25) is 10.0 Å². The smallest absolute Gasteiger partial charge is 0.142 e. The van der Waals surface area contributed by atoms with E-state index in [0.29, 0.717) is 28.9 Å². The molecule has 0 amide bonds. The van der Waals surface area contributed by atoms with E-state index in [0.717, 1.165) is 17.5 Å². The number of pyridine rings is 1. The SMILES string of the molecule is NCc1cc(Cl)cc(Cl)c1OCCc1cccnc1. The van der Waals surface area contributed by atoms with E-state index in [1.165, 1.54) is 0 Å². The molecule has 0 atom stereocenters. The zero-order valence-electron chi connectivity index (χ0n) is 10.3. The molecule has 1 aromatic carbocycles. The minimum Gasteiger partial charge on any atom is -0.491 e. The van der Waals surface area contributed by atoms with Crippen LogP contribution in [0.25, 0.3) is 0 Å². The van der Waals surface area contributed by atoms with Crippen molar-refractivity contribution in [3.05, 3.63) is 57.8 Å². The van der Waals surface area contributed by atoms with Crippen molar-refractivity contribution >= 4 is 23.2 Å². The van der Waals surface area contributed by atoms with Gasteiger partial charge >= 0.3 is 0 Å². The molecule has 1 heterocycles. The second-order valence-corrected chi connectivity index (χ2v) is 4.88. The molecular formula is C14H14Cl2N2O. The lowest BCUT2D eigenvalue weighted by molar-refractivity contribution is 0.319. The van der Waals surface area contributed by atoms with Crippen molar-refractivity contribution in [2.75, 3.05) is 6.61 Å². The van der Waals surface area contributed by atoms with Gasteiger partial charge in [0.25, 0.3) is 0 Å². The summed E-state index contributed by atoms with van der Waals surface area (Å²) < 4.78 is 5.72. The average molecular weight is 297 g/mol. The molecule has 2 N–H and O–H groups in total. The van der Waals surface area contributed by atoms with E-state index < -0.39 is 0 Å². The van der Waals surface area contributed by atoms with Gasteiger partial charge in [0.2, 0.25) is 0 Å². The number of nitrogens with two attached hydrogens (primary N) is 1. The van der Waals surface area contributed by atoms with Gasteiger partial charge in [0.15, 0.2) is 0 Å². The van der Waals surface area contributed by atoms with E-state index in [-0.39, 0.29) is 0 Å². The fourth-order valence-electron chi connectivity index (χ4n) is 1.74. The summed E-state index contributed by atoms with van der Waals surface area (Å²) in [5.41, 5.74) is 7.59. The van der Waals surface area contributed by atoms with Crippen molar-refractivity contribution < 1.29 is 4.74 Å². The Bertz CT molecular complexity index is 547. The van der Waals surface area contributed by atoms with Gasteiger partial charge in [-0.1, -0.05) is 29.3 Å². The van der Waals surface area contributed by atoms with Crippen molar-refractivity contribution in [3.63, 3.8) is 0 Å². The first-order valence-corrected chi connectivity index (χ1v) is 6.66. The quantitative estimate of drug-likeness (QED) is 0.919. The fourth-order valence-corrected chi connectivity index (χ4v) is 2.33. The Hall–Kier alpha value is -1.29. The molecule has 0 radical (unpaired) electrons. The highest BCUT2D eigenvalue weighted by Crippen LogP contribution is 2.32. The summed E-state index contributed by atoms with van der Waals surface area (Å²) in [5.74, 6) is 0.609. The van der Waals surface area contributed by atoms with Crippen molar-refractivity contribution in [1.82, 2.24) is 4.98 Å². The minimum absolute atomic E-state index is 0.336. The lowest BCUT2D eigenvalue weighted by Crippen LogP contribution is -2.06. The Morgan fingerprint density at radius 2 is 2.11 bits per heavy atom. The minimum atomic E-state index is 0.336. The van der Waals surface area contributed by atoms with Crippen molar-refractivity contribution in [2.45, 2.75) is 13.0 Å². The van der Waals surface area contributed by atoms with Crippen LogP contribution < -0.4 is 10.5 Å². The van der Waals surface area contributed by atoms with Gasteiger partial charge in [-0.15, -0.1) is 0 Å². The molecule has 0 spiro atoms. The Morgan fingerprint density at radius 3 is 2.79 bits per heavy atom. The first-order chi connectivity index (χ1) is 9.20. The zero-order valence-corrected chi connectivity index (χ0v) is 11.8. The molecule has 0 aliphatic rings. The van der Waals surface area contributed by atoms with Crippen LogP contribution in [-0.4, -0.2) is 11.6 Å².